The summed E-state index contributed by atoms with van der Waals surface area (Å²) in [6.07, 6.45) is 0. The van der Waals surface area contributed by atoms with Crippen molar-refractivity contribution in [3.05, 3.63) is 0 Å². The fourth-order valence-electron chi connectivity index (χ4n) is 0. The van der Waals surface area contributed by atoms with Crippen LogP contribution in [0.4, 0.5) is 0 Å². The van der Waals surface area contributed by atoms with E-state index in [-0.39, 0.29) is 36.2 Å². The molecule has 0 rings (SSSR count). The average Bonchev–Trinajstić information content (AvgIpc) is 1.37. The van der Waals surface area contributed by atoms with E-state index < -0.39 is 0 Å². The first-order valence-corrected chi connectivity index (χ1v) is 2.20. The van der Waals surface area contributed by atoms with Gasteiger partial charge in [0.25, 0.3) is 0 Å². The zero-order valence-corrected chi connectivity index (χ0v) is 3.83. The molecule has 0 radical (unpaired) electrons. The molecule has 28 valence electrons. The van der Waals surface area contributed by atoms with Crippen LogP contribution in [0, 0.1) is 0 Å². The van der Waals surface area contributed by atoms with Gasteiger partial charge >= 0.3 is 29.6 Å². The van der Waals surface area contributed by atoms with Crippen LogP contribution in [0.3, 0.4) is 0 Å². The van der Waals surface area contributed by atoms with Gasteiger partial charge in [0, 0.05) is 5.33 Å². The zero-order valence-electron chi connectivity index (χ0n) is 2.24. The third-order valence-corrected chi connectivity index (χ3v) is 0.439. The molecule has 0 bridgehead atoms. The van der Waals surface area contributed by atoms with E-state index in [1.165, 1.54) is 0 Å². The molecule has 0 aromatic rings. The van der Waals surface area contributed by atoms with Crippen molar-refractivity contribution in [2.24, 2.45) is 0 Å². The van der Waals surface area contributed by atoms with Crippen molar-refractivity contribution >= 4 is 45.5 Å². The number of hydrogen-bond donors (Lipinski definition) is 1. The van der Waals surface area contributed by atoms with Crippen molar-refractivity contribution in [2.75, 3.05) is 11.9 Å². The molecule has 1 N–H and O–H groups in total. The van der Waals surface area contributed by atoms with Gasteiger partial charge in [-0.25, -0.2) is 0 Å². The van der Waals surface area contributed by atoms with Crippen molar-refractivity contribution < 1.29 is 5.11 Å². The number of halogens is 1. The monoisotopic (exact) mass is 148 g/mol. The Balaban J connectivity index is 0. The van der Waals surface area contributed by atoms with Crippen LogP contribution in [-0.2, 0) is 0 Å². The number of hydrogen-bond acceptors (Lipinski definition) is 1. The van der Waals surface area contributed by atoms with Gasteiger partial charge < -0.3 is 5.11 Å². The van der Waals surface area contributed by atoms with Crippen molar-refractivity contribution in [2.45, 2.75) is 0 Å². The number of aliphatic hydroxyl groups is 1. The molecular weight excluding hydrogens is 143 g/mol. The molecule has 1 nitrogen and oxygen atoms in total. The number of aliphatic hydroxyl groups excluding tert-OH is 1. The van der Waals surface area contributed by atoms with Crippen LogP contribution in [0.1, 0.15) is 0 Å². The molecule has 3 heteroatoms. The molecule has 0 aromatic heterocycles. The fourth-order valence-corrected chi connectivity index (χ4v) is 0. The third kappa shape index (κ3) is 10.8. The van der Waals surface area contributed by atoms with Gasteiger partial charge in [0.15, 0.2) is 0 Å². The minimum absolute atomic E-state index is 0. The van der Waals surface area contributed by atoms with Crippen LogP contribution >= 0.6 is 15.9 Å². The molecule has 0 unspecified atom stereocenters. The molecule has 5 heavy (non-hydrogen) atoms. The van der Waals surface area contributed by atoms with Gasteiger partial charge in [-0.2, -0.15) is 0 Å². The molecule has 0 atom stereocenters. The van der Waals surface area contributed by atoms with E-state index in [0.29, 0.717) is 5.33 Å². The van der Waals surface area contributed by atoms with Crippen LogP contribution < -0.4 is 0 Å². The van der Waals surface area contributed by atoms with Crippen molar-refractivity contribution in [1.29, 1.82) is 0 Å². The van der Waals surface area contributed by atoms with Gasteiger partial charge in [-0.15, -0.1) is 0 Å². The molecule has 0 aliphatic rings. The van der Waals surface area contributed by atoms with E-state index >= 15 is 0 Å². The fraction of sp³-hybridized carbons (Fsp3) is 1.00. The van der Waals surface area contributed by atoms with Crippen LogP contribution in [0.15, 0.2) is 0 Å². The standard InChI is InChI=1S/C2H5BrO.Na.H/c3-1-2-4;;/h4H,1-2H2;;. The van der Waals surface area contributed by atoms with Gasteiger partial charge in [-0.3, -0.25) is 0 Å². The van der Waals surface area contributed by atoms with Gasteiger partial charge in [-0.05, 0) is 0 Å². The summed E-state index contributed by atoms with van der Waals surface area (Å²) in [7, 11) is 0. The van der Waals surface area contributed by atoms with Gasteiger partial charge in [0.2, 0.25) is 0 Å². The third-order valence-electron chi connectivity index (χ3n) is 0.0845. The molecule has 0 fully saturated rings. The van der Waals surface area contributed by atoms with E-state index in [2.05, 4.69) is 15.9 Å². The van der Waals surface area contributed by atoms with E-state index in [1.807, 2.05) is 0 Å². The summed E-state index contributed by atoms with van der Waals surface area (Å²) in [5, 5.41) is 8.52. The Morgan fingerprint density at radius 2 is 1.80 bits per heavy atom. The first-order chi connectivity index (χ1) is 1.91. The second kappa shape index (κ2) is 9.06. The minimum atomic E-state index is 0. The van der Waals surface area contributed by atoms with E-state index in [4.69, 9.17) is 5.11 Å². The second-order valence-electron chi connectivity index (χ2n) is 0.413. The van der Waals surface area contributed by atoms with Gasteiger partial charge in [0.05, 0.1) is 6.61 Å². The van der Waals surface area contributed by atoms with E-state index in [9.17, 15) is 0 Å². The number of rotatable bonds is 1. The number of alkyl halides is 1. The van der Waals surface area contributed by atoms with Crippen molar-refractivity contribution in [1.82, 2.24) is 0 Å². The first-order valence-electron chi connectivity index (χ1n) is 1.08. The Morgan fingerprint density at radius 1 is 1.60 bits per heavy atom. The van der Waals surface area contributed by atoms with Crippen molar-refractivity contribution in [3.8, 4) is 0 Å². The Bertz CT molecular complexity index is 11.6. The summed E-state index contributed by atoms with van der Waals surface area (Å²) in [6.45, 7) is 0.236. The Labute approximate surface area is 62.2 Å². The molecule has 0 heterocycles. The average molecular weight is 149 g/mol. The summed E-state index contributed by atoms with van der Waals surface area (Å²) < 4.78 is 0. The molecule has 0 spiro atoms. The molecule has 0 aliphatic heterocycles. The van der Waals surface area contributed by atoms with Crippen LogP contribution in [0.2, 0.25) is 0 Å². The summed E-state index contributed by atoms with van der Waals surface area (Å²) in [5.41, 5.74) is 0. The SMILES string of the molecule is OCCBr.[NaH]. The quantitative estimate of drug-likeness (QED) is 0.401. The van der Waals surface area contributed by atoms with E-state index in [0.717, 1.165) is 0 Å². The predicted octanol–water partition coefficient (Wildman–Crippen LogP) is -0.275. The van der Waals surface area contributed by atoms with Crippen LogP contribution in [0.25, 0.3) is 0 Å². The molecular formula is C2H6BrNaO. The van der Waals surface area contributed by atoms with Gasteiger partial charge in [0.1, 0.15) is 0 Å². The van der Waals surface area contributed by atoms with Crippen LogP contribution in [-0.4, -0.2) is 46.6 Å². The zero-order chi connectivity index (χ0) is 3.41. The summed E-state index contributed by atoms with van der Waals surface area (Å²) >= 11 is 3.00. The maximum atomic E-state index is 7.83. The van der Waals surface area contributed by atoms with Crippen molar-refractivity contribution in [3.63, 3.8) is 0 Å². The first kappa shape index (κ1) is 9.67. The summed E-state index contributed by atoms with van der Waals surface area (Å²) in [6, 6.07) is 0. The predicted molar refractivity (Wildman–Crippen MR) is 28.0 cm³/mol. The molecule has 0 saturated carbocycles. The molecule has 0 aliphatic carbocycles. The van der Waals surface area contributed by atoms with E-state index in [1.54, 1.807) is 0 Å². The normalized spacial score (nSPS) is 6.00. The molecule has 0 aromatic carbocycles. The molecule has 0 saturated heterocycles. The Hall–Kier alpha value is 1.44. The Morgan fingerprint density at radius 3 is 1.80 bits per heavy atom. The Kier molecular flexibility index (Phi) is 17.5. The summed E-state index contributed by atoms with van der Waals surface area (Å²) in [4.78, 5) is 0. The molecule has 0 amide bonds. The van der Waals surface area contributed by atoms with Crippen LogP contribution in [0.5, 0.6) is 0 Å². The summed E-state index contributed by atoms with van der Waals surface area (Å²) in [5.74, 6) is 0. The van der Waals surface area contributed by atoms with Gasteiger partial charge in [-0.1, -0.05) is 15.9 Å². The topological polar surface area (TPSA) is 20.2 Å². The second-order valence-corrected chi connectivity index (χ2v) is 1.21. The maximum absolute atomic E-state index is 7.83.